The van der Waals surface area contributed by atoms with Crippen LogP contribution >= 0.6 is 0 Å². The molecule has 0 rings (SSSR count). The summed E-state index contributed by atoms with van der Waals surface area (Å²) in [7, 11) is 0. The van der Waals surface area contributed by atoms with Crippen molar-refractivity contribution in [2.24, 2.45) is 0 Å². The molecule has 0 bridgehead atoms. The van der Waals surface area contributed by atoms with Gasteiger partial charge in [0.25, 0.3) is 0 Å². The number of rotatable bonds is 17. The maximum Gasteiger partial charge on any atom is 0.385 e. The molecule has 34 heteroatoms. The van der Waals surface area contributed by atoms with Crippen molar-refractivity contribution >= 4 is 0 Å². The summed E-state index contributed by atoms with van der Waals surface area (Å²) in [4.78, 5) is 0. The number of aliphatic hydroxyl groups is 2. The van der Waals surface area contributed by atoms with Crippen LogP contribution in [0.4, 0.5) is 140 Å². The van der Waals surface area contributed by atoms with Crippen molar-refractivity contribution in [3.63, 3.8) is 0 Å². The van der Waals surface area contributed by atoms with E-state index < -0.39 is 108 Å². The molecule has 0 unspecified atom stereocenters. The second-order valence-corrected chi connectivity index (χ2v) is 9.77. The fourth-order valence-electron chi connectivity index (χ4n) is 3.02. The Bertz CT molecular complexity index is 1190. The Hall–Kier alpha value is -2.32. The molecule has 52 heavy (non-hydrogen) atoms. The first-order valence-electron chi connectivity index (χ1n) is 11.1. The summed E-state index contributed by atoms with van der Waals surface area (Å²) in [6, 6.07) is 0. The molecule has 0 aliphatic carbocycles. The predicted octanol–water partition coefficient (Wildman–Crippen LogP) is 9.14. The summed E-state index contributed by atoms with van der Waals surface area (Å²) in [6.45, 7) is -7.84. The van der Waals surface area contributed by atoms with E-state index in [1.54, 1.807) is 0 Å². The number of aliphatic hydroxyl groups excluding tert-OH is 2. The molecule has 0 spiro atoms. The van der Waals surface area contributed by atoms with Crippen molar-refractivity contribution in [1.82, 2.24) is 0 Å². The fourth-order valence-corrected chi connectivity index (χ4v) is 3.02. The van der Waals surface area contributed by atoms with Crippen LogP contribution in [0, 0.1) is 0 Å². The van der Waals surface area contributed by atoms with Crippen LogP contribution in [-0.2, 0) is 0 Å². The second-order valence-electron chi connectivity index (χ2n) is 9.77. The lowest BCUT2D eigenvalue weighted by atomic mass is 9.82. The van der Waals surface area contributed by atoms with Gasteiger partial charge in [-0.3, -0.25) is 0 Å². The zero-order valence-corrected chi connectivity index (χ0v) is 22.4. The van der Waals surface area contributed by atoms with Gasteiger partial charge in [-0.05, 0) is 0 Å². The highest BCUT2D eigenvalue weighted by molar-refractivity contribution is 5.22. The molecule has 0 saturated carbocycles. The highest BCUT2D eigenvalue weighted by Crippen LogP contribution is 2.69. The Morgan fingerprint density at radius 1 is 0.173 bits per heavy atom. The number of hydrogen-bond donors (Lipinski definition) is 2. The van der Waals surface area contributed by atoms with Gasteiger partial charge >= 0.3 is 94.8 Å². The van der Waals surface area contributed by atoms with Gasteiger partial charge in [-0.25, -0.2) is 0 Å². The normalized spacial score (nSPS) is 17.2. The van der Waals surface area contributed by atoms with Gasteiger partial charge in [0, 0.05) is 0 Å². The quantitative estimate of drug-likeness (QED) is 0.143. The van der Waals surface area contributed by atoms with Crippen LogP contribution in [0.2, 0.25) is 0 Å². The van der Waals surface area contributed by atoms with E-state index in [-0.39, 0.29) is 0 Å². The van der Waals surface area contributed by atoms with E-state index >= 15 is 0 Å². The summed E-state index contributed by atoms with van der Waals surface area (Å²) in [5.74, 6) is -149. The summed E-state index contributed by atoms with van der Waals surface area (Å²) in [6.07, 6.45) is 0. The third-order valence-corrected chi connectivity index (χ3v) is 6.44. The third kappa shape index (κ3) is 5.40. The van der Waals surface area contributed by atoms with Gasteiger partial charge in [0.1, 0.15) is 13.2 Å². The molecule has 0 aromatic heterocycles. The summed E-state index contributed by atoms with van der Waals surface area (Å²) < 4.78 is 433. The average molecular weight is 862 g/mol. The minimum Gasteiger partial charge on any atom is -0.390 e. The molecule has 0 heterocycles. The van der Waals surface area contributed by atoms with Gasteiger partial charge in [-0.2, -0.15) is 140 Å². The number of halogens is 32. The van der Waals surface area contributed by atoms with Crippen LogP contribution in [0.15, 0.2) is 0 Å². The maximum absolute atomic E-state index is 13.8. The molecular formula is C18H6F32O2. The Morgan fingerprint density at radius 3 is 0.327 bits per heavy atom. The standard InChI is InChI=1S/C18H6F32O2/c19-3(20,1-51)5(23,24)7(27,28)9(31,32)11(35,36)13(39,40)15(43,44)17(47,48)18(49,50)16(45,46)14(41,42)12(37,38)10(33,34)8(29,30)6(25,26)4(21,22)2-52/h51-52H,1-2H2. The van der Waals surface area contributed by atoms with Crippen molar-refractivity contribution in [3.05, 3.63) is 0 Å². The lowest BCUT2D eigenvalue weighted by Gasteiger charge is -2.47. The third-order valence-electron chi connectivity index (χ3n) is 6.44. The van der Waals surface area contributed by atoms with Crippen LogP contribution in [0.1, 0.15) is 0 Å². The second kappa shape index (κ2) is 12.1. The summed E-state index contributed by atoms with van der Waals surface area (Å²) >= 11 is 0. The molecule has 2 nitrogen and oxygen atoms in total. The molecule has 0 radical (unpaired) electrons. The molecule has 0 fully saturated rings. The van der Waals surface area contributed by atoms with E-state index in [2.05, 4.69) is 0 Å². The van der Waals surface area contributed by atoms with Crippen molar-refractivity contribution < 1.29 is 151 Å². The zero-order valence-electron chi connectivity index (χ0n) is 22.4. The topological polar surface area (TPSA) is 40.5 Å². The van der Waals surface area contributed by atoms with Crippen LogP contribution in [0.5, 0.6) is 0 Å². The van der Waals surface area contributed by atoms with E-state index in [0.29, 0.717) is 0 Å². The largest absolute Gasteiger partial charge is 0.390 e. The van der Waals surface area contributed by atoms with E-state index in [4.69, 9.17) is 10.2 Å². The Kier molecular flexibility index (Phi) is 11.5. The maximum atomic E-state index is 13.8. The predicted molar refractivity (Wildman–Crippen MR) is 93.3 cm³/mol. The molecule has 0 amide bonds. The highest BCUT2D eigenvalue weighted by atomic mass is 19.4. The monoisotopic (exact) mass is 862 g/mol. The van der Waals surface area contributed by atoms with Gasteiger partial charge in [0.2, 0.25) is 0 Å². The van der Waals surface area contributed by atoms with Crippen molar-refractivity contribution in [2.75, 3.05) is 13.2 Å². The summed E-state index contributed by atoms with van der Waals surface area (Å²) in [5.41, 5.74) is 0. The molecule has 0 aliphatic rings. The lowest BCUT2D eigenvalue weighted by Crippen LogP contribution is -2.80. The van der Waals surface area contributed by atoms with Gasteiger partial charge in [-0.1, -0.05) is 0 Å². The minimum absolute atomic E-state index is 3.92. The first-order valence-corrected chi connectivity index (χ1v) is 11.1. The lowest BCUT2D eigenvalue weighted by molar-refractivity contribution is -0.489. The van der Waals surface area contributed by atoms with Crippen LogP contribution < -0.4 is 0 Å². The Balaban J connectivity index is 7.73. The van der Waals surface area contributed by atoms with Gasteiger partial charge in [0.15, 0.2) is 0 Å². The SMILES string of the molecule is OCC(F)(F)C(F)(F)C(F)(F)C(F)(F)C(F)(F)C(F)(F)C(F)(F)C(F)(F)C(F)(F)C(F)(F)C(F)(F)C(F)(F)C(F)(F)C(F)(F)C(F)(F)C(F)(F)CO. The van der Waals surface area contributed by atoms with E-state index in [9.17, 15) is 140 Å². The Morgan fingerprint density at radius 2 is 0.250 bits per heavy atom. The molecular weight excluding hydrogens is 856 g/mol. The zero-order chi connectivity index (χ0) is 43.4. The minimum atomic E-state index is -10.2. The van der Waals surface area contributed by atoms with E-state index in [1.165, 1.54) is 0 Å². The molecule has 314 valence electrons. The number of alkyl halides is 32. The van der Waals surface area contributed by atoms with Crippen LogP contribution in [-0.4, -0.2) is 118 Å². The average Bonchev–Trinajstić information content (AvgIpc) is 2.95. The summed E-state index contributed by atoms with van der Waals surface area (Å²) in [5, 5.41) is 15.7. The molecule has 0 atom stereocenters. The van der Waals surface area contributed by atoms with Gasteiger partial charge in [0.05, 0.1) is 0 Å². The first kappa shape index (κ1) is 49.7. The number of hydrogen-bond acceptors (Lipinski definition) is 2. The molecule has 0 aliphatic heterocycles. The fraction of sp³-hybridized carbons (Fsp3) is 1.00. The van der Waals surface area contributed by atoms with Crippen LogP contribution in [0.25, 0.3) is 0 Å². The van der Waals surface area contributed by atoms with Gasteiger partial charge in [-0.15, -0.1) is 0 Å². The highest BCUT2D eigenvalue weighted by Gasteiger charge is 3.01. The van der Waals surface area contributed by atoms with Crippen LogP contribution in [0.3, 0.4) is 0 Å². The smallest absolute Gasteiger partial charge is 0.385 e. The van der Waals surface area contributed by atoms with Crippen molar-refractivity contribution in [2.45, 2.75) is 94.8 Å². The van der Waals surface area contributed by atoms with E-state index in [1.807, 2.05) is 0 Å². The van der Waals surface area contributed by atoms with E-state index in [0.717, 1.165) is 0 Å². The molecule has 2 N–H and O–H groups in total. The van der Waals surface area contributed by atoms with Crippen molar-refractivity contribution in [1.29, 1.82) is 0 Å². The molecule has 0 aromatic carbocycles. The molecule has 0 saturated heterocycles. The van der Waals surface area contributed by atoms with Gasteiger partial charge < -0.3 is 10.2 Å². The first-order chi connectivity index (χ1) is 21.9. The molecule has 0 aromatic rings. The Labute approximate surface area is 260 Å². The van der Waals surface area contributed by atoms with Crippen molar-refractivity contribution in [3.8, 4) is 0 Å².